The van der Waals surface area contributed by atoms with Crippen molar-refractivity contribution in [3.63, 3.8) is 0 Å². The number of likely N-dealkylation sites (tertiary alicyclic amines) is 1. The monoisotopic (exact) mass is 727 g/mol. The van der Waals surface area contributed by atoms with Gasteiger partial charge in [-0.3, -0.25) is 4.90 Å². The molecule has 2 aromatic heterocycles. The lowest BCUT2D eigenvalue weighted by molar-refractivity contribution is -0.198. The lowest BCUT2D eigenvalue weighted by atomic mass is 9.76. The molecule has 0 bridgehead atoms. The Morgan fingerprint density at radius 1 is 1.06 bits per heavy atom. The molecule has 1 unspecified atom stereocenters. The van der Waals surface area contributed by atoms with Crippen LogP contribution in [0.4, 0.5) is 29.7 Å². The molecule has 0 radical (unpaired) electrons. The molecule has 270 valence electrons. The molecule has 6 rings (SSSR count). The number of aromatic nitrogens is 4. The molecule has 0 saturated carbocycles. The number of alkyl halides is 3. The highest BCUT2D eigenvalue weighted by Gasteiger charge is 2.51. The van der Waals surface area contributed by atoms with Crippen molar-refractivity contribution < 1.29 is 37.0 Å². The van der Waals surface area contributed by atoms with Crippen molar-refractivity contribution in [2.75, 3.05) is 36.9 Å². The molecule has 51 heavy (non-hydrogen) atoms. The number of anilines is 2. The molecule has 2 aliphatic heterocycles. The highest BCUT2D eigenvalue weighted by Crippen LogP contribution is 2.45. The summed E-state index contributed by atoms with van der Waals surface area (Å²) in [7, 11) is 0. The van der Waals surface area contributed by atoms with Crippen LogP contribution in [0.1, 0.15) is 49.1 Å². The second-order valence-corrected chi connectivity index (χ2v) is 13.1. The van der Waals surface area contributed by atoms with Crippen LogP contribution in [0.15, 0.2) is 66.9 Å². The maximum atomic E-state index is 14.6. The predicted octanol–water partition coefficient (Wildman–Crippen LogP) is 6.45. The first kappa shape index (κ1) is 35.8. The number of ether oxygens (including phenoxy) is 3. The summed E-state index contributed by atoms with van der Waals surface area (Å²) in [5, 5.41) is 4.49. The molecule has 1 spiro atoms. The molecule has 12 nitrogen and oxygen atoms in total. The van der Waals surface area contributed by atoms with Crippen molar-refractivity contribution in [3.05, 3.63) is 88.7 Å². The van der Waals surface area contributed by atoms with E-state index >= 15 is 0 Å². The van der Waals surface area contributed by atoms with Crippen LogP contribution in [0.2, 0.25) is 5.02 Å². The molecule has 2 atom stereocenters. The molecule has 0 aliphatic carbocycles. The number of hydrogen-bond donors (Lipinski definition) is 1. The number of amides is 1. The Kier molecular flexibility index (Phi) is 10.3. The van der Waals surface area contributed by atoms with Gasteiger partial charge in [0.15, 0.2) is 0 Å². The smallest absolute Gasteiger partial charge is 0.429 e. The second-order valence-electron chi connectivity index (χ2n) is 12.7. The van der Waals surface area contributed by atoms with Crippen LogP contribution >= 0.6 is 11.6 Å². The Morgan fingerprint density at radius 2 is 1.80 bits per heavy atom. The standard InChI is InChI=1S/C35H37ClF3N7O5/c1-3-49-31(47)27-19-34(21-45(27)33(48)50-20-23-7-5-4-6-8-23)12-15-44(16-13-34)28-18-29(42-32(40)41-28)51-30(35(37,38)39)25-10-9-24(36)17-26(25)46-14-11-22(2)43-46/h4-11,14,17-18,27,30H,3,12-13,15-16,19-21H2,1-2H3,(H2,40,41,42)/t27?,30-/m1/s1. The summed E-state index contributed by atoms with van der Waals surface area (Å²) in [6.45, 7) is 4.76. The fourth-order valence-electron chi connectivity index (χ4n) is 6.64. The molecule has 2 fully saturated rings. The third kappa shape index (κ3) is 8.14. The van der Waals surface area contributed by atoms with Gasteiger partial charge in [0.05, 0.1) is 18.0 Å². The first-order valence-electron chi connectivity index (χ1n) is 16.4. The van der Waals surface area contributed by atoms with E-state index in [0.717, 1.165) is 5.56 Å². The highest BCUT2D eigenvalue weighted by atomic mass is 35.5. The van der Waals surface area contributed by atoms with Crippen molar-refractivity contribution in [1.29, 1.82) is 0 Å². The number of benzene rings is 2. The van der Waals surface area contributed by atoms with Gasteiger partial charge >= 0.3 is 18.2 Å². The number of nitrogens with two attached hydrogens (primary N) is 1. The van der Waals surface area contributed by atoms with Crippen LogP contribution in [0.5, 0.6) is 5.88 Å². The average molecular weight is 728 g/mol. The van der Waals surface area contributed by atoms with Crippen molar-refractivity contribution >= 4 is 35.4 Å². The molecule has 4 aromatic rings. The van der Waals surface area contributed by atoms with Crippen molar-refractivity contribution in [3.8, 4) is 11.6 Å². The lowest BCUT2D eigenvalue weighted by Gasteiger charge is -2.39. The molecular weight excluding hydrogens is 691 g/mol. The number of carbonyl (C=O) groups is 2. The Labute approximate surface area is 297 Å². The van der Waals surface area contributed by atoms with Gasteiger partial charge < -0.3 is 24.8 Å². The third-order valence-corrected chi connectivity index (χ3v) is 9.38. The van der Waals surface area contributed by atoms with Crippen LogP contribution in [0.25, 0.3) is 5.69 Å². The summed E-state index contributed by atoms with van der Waals surface area (Å²) in [5.74, 6) is -0.845. The zero-order valence-electron chi connectivity index (χ0n) is 28.0. The van der Waals surface area contributed by atoms with Gasteiger partial charge in [-0.1, -0.05) is 48.0 Å². The van der Waals surface area contributed by atoms with Crippen LogP contribution in [-0.4, -0.2) is 75.2 Å². The molecule has 4 heterocycles. The normalized spacial score (nSPS) is 17.7. The van der Waals surface area contributed by atoms with E-state index in [1.807, 2.05) is 35.2 Å². The maximum Gasteiger partial charge on any atom is 0.429 e. The Morgan fingerprint density at radius 3 is 2.47 bits per heavy atom. The summed E-state index contributed by atoms with van der Waals surface area (Å²) in [6, 6.07) is 15.4. The van der Waals surface area contributed by atoms with E-state index in [-0.39, 0.29) is 53.7 Å². The number of carbonyl (C=O) groups excluding carboxylic acids is 2. The van der Waals surface area contributed by atoms with Crippen molar-refractivity contribution in [2.24, 2.45) is 5.41 Å². The minimum atomic E-state index is -4.85. The molecule has 2 saturated heterocycles. The maximum absolute atomic E-state index is 14.6. The number of esters is 1. The number of nitrogens with zero attached hydrogens (tertiary/aromatic N) is 6. The van der Waals surface area contributed by atoms with Gasteiger partial charge in [-0.25, -0.2) is 14.3 Å². The van der Waals surface area contributed by atoms with Gasteiger partial charge in [0, 0.05) is 42.5 Å². The molecule has 2 aliphatic rings. The van der Waals surface area contributed by atoms with Gasteiger partial charge in [0.1, 0.15) is 18.5 Å². The SMILES string of the molecule is CCOC(=O)C1CC2(CCN(c3cc(O[C@H](c4ccc(Cl)cc4-n4ccc(C)n4)C(F)(F)F)nc(N)n3)CC2)CN1C(=O)OCc1ccccc1. The third-order valence-electron chi connectivity index (χ3n) is 9.14. The van der Waals surface area contributed by atoms with E-state index in [2.05, 4.69) is 15.1 Å². The fourth-order valence-corrected chi connectivity index (χ4v) is 6.80. The van der Waals surface area contributed by atoms with E-state index in [1.165, 1.54) is 40.0 Å². The molecule has 1 amide bonds. The first-order chi connectivity index (χ1) is 24.3. The number of aryl methyl sites for hydroxylation is 1. The molecule has 2 N–H and O–H groups in total. The van der Waals surface area contributed by atoms with E-state index in [1.54, 1.807) is 19.9 Å². The average Bonchev–Trinajstić information content (AvgIpc) is 3.70. The summed E-state index contributed by atoms with van der Waals surface area (Å²) < 4.78 is 61.7. The molecule has 2 aromatic carbocycles. The van der Waals surface area contributed by atoms with Gasteiger partial charge in [0.2, 0.25) is 17.9 Å². The topological polar surface area (TPSA) is 138 Å². The van der Waals surface area contributed by atoms with Crippen LogP contribution in [-0.2, 0) is 20.9 Å². The number of rotatable bonds is 9. The second kappa shape index (κ2) is 14.7. The van der Waals surface area contributed by atoms with Crippen LogP contribution in [0.3, 0.4) is 0 Å². The zero-order valence-corrected chi connectivity index (χ0v) is 28.7. The van der Waals surface area contributed by atoms with E-state index < -0.39 is 35.8 Å². The summed E-state index contributed by atoms with van der Waals surface area (Å²) in [4.78, 5) is 37.8. The fraction of sp³-hybridized carbons (Fsp3) is 0.400. The van der Waals surface area contributed by atoms with Crippen LogP contribution in [0, 0.1) is 12.3 Å². The number of halogens is 4. The summed E-state index contributed by atoms with van der Waals surface area (Å²) in [5.41, 5.74) is 6.87. The quantitative estimate of drug-likeness (QED) is 0.192. The number of nitrogen functional groups attached to an aromatic ring is 1. The number of hydrogen-bond acceptors (Lipinski definition) is 10. The van der Waals surface area contributed by atoms with E-state index in [0.29, 0.717) is 38.0 Å². The van der Waals surface area contributed by atoms with Gasteiger partial charge in [-0.05, 0) is 62.3 Å². The number of piperidine rings is 1. The molecular formula is C35H37ClF3N7O5. The zero-order chi connectivity index (χ0) is 36.3. The van der Waals surface area contributed by atoms with Gasteiger partial charge in [-0.15, -0.1) is 0 Å². The van der Waals surface area contributed by atoms with Crippen molar-refractivity contribution in [2.45, 2.75) is 58.0 Å². The van der Waals surface area contributed by atoms with Gasteiger partial charge in [0.25, 0.3) is 0 Å². The lowest BCUT2D eigenvalue weighted by Crippen LogP contribution is -2.43. The predicted molar refractivity (Wildman–Crippen MR) is 181 cm³/mol. The molecule has 16 heteroatoms. The Hall–Kier alpha value is -5.05. The largest absolute Gasteiger partial charge is 0.464 e. The minimum absolute atomic E-state index is 0.0590. The Bertz CT molecular complexity index is 1870. The van der Waals surface area contributed by atoms with E-state index in [9.17, 15) is 22.8 Å². The van der Waals surface area contributed by atoms with Crippen LogP contribution < -0.4 is 15.4 Å². The van der Waals surface area contributed by atoms with Crippen molar-refractivity contribution in [1.82, 2.24) is 24.6 Å². The van der Waals surface area contributed by atoms with Gasteiger partial charge in [-0.2, -0.15) is 28.2 Å². The highest BCUT2D eigenvalue weighted by molar-refractivity contribution is 6.30. The Balaban J connectivity index is 1.19. The summed E-state index contributed by atoms with van der Waals surface area (Å²) in [6.07, 6.45) is -4.88. The van der Waals surface area contributed by atoms with E-state index in [4.69, 9.17) is 31.5 Å². The first-order valence-corrected chi connectivity index (χ1v) is 16.8. The minimum Gasteiger partial charge on any atom is -0.464 e. The summed E-state index contributed by atoms with van der Waals surface area (Å²) >= 11 is 6.17.